The molecule has 0 aromatic heterocycles. The first-order chi connectivity index (χ1) is 9.22. The molecule has 1 amide bonds. The Kier molecular flexibility index (Phi) is 3.66. The highest BCUT2D eigenvalue weighted by Crippen LogP contribution is 2.44. The van der Waals surface area contributed by atoms with Crippen LogP contribution in [0.4, 0.5) is 0 Å². The fourth-order valence-electron chi connectivity index (χ4n) is 4.30. The zero-order chi connectivity index (χ0) is 13.4. The van der Waals surface area contributed by atoms with Gasteiger partial charge < -0.3 is 10.6 Å². The maximum Gasteiger partial charge on any atom is 0.226 e. The van der Waals surface area contributed by atoms with Crippen molar-refractivity contribution in [2.24, 2.45) is 29.4 Å². The van der Waals surface area contributed by atoms with Crippen molar-refractivity contribution in [3.05, 3.63) is 12.2 Å². The summed E-state index contributed by atoms with van der Waals surface area (Å²) in [5.74, 6) is 2.59. The quantitative estimate of drug-likeness (QED) is 0.792. The van der Waals surface area contributed by atoms with E-state index in [0.29, 0.717) is 24.3 Å². The van der Waals surface area contributed by atoms with E-state index in [0.717, 1.165) is 31.7 Å². The molecule has 1 saturated carbocycles. The highest BCUT2D eigenvalue weighted by Gasteiger charge is 2.43. The van der Waals surface area contributed by atoms with Crippen molar-refractivity contribution in [1.29, 1.82) is 0 Å². The molecule has 106 valence electrons. The van der Waals surface area contributed by atoms with Crippen LogP contribution >= 0.6 is 0 Å². The van der Waals surface area contributed by atoms with Crippen LogP contribution in [0, 0.1) is 23.7 Å². The minimum atomic E-state index is 0.252. The van der Waals surface area contributed by atoms with E-state index < -0.39 is 0 Å². The summed E-state index contributed by atoms with van der Waals surface area (Å²) in [5, 5.41) is 0. The number of nitrogens with two attached hydrogens (primary N) is 1. The van der Waals surface area contributed by atoms with Crippen LogP contribution in [-0.4, -0.2) is 29.9 Å². The Morgan fingerprint density at radius 1 is 1.32 bits per heavy atom. The van der Waals surface area contributed by atoms with Crippen molar-refractivity contribution in [3.8, 4) is 0 Å². The van der Waals surface area contributed by atoms with E-state index in [4.69, 9.17) is 5.73 Å². The molecule has 3 nitrogen and oxygen atoms in total. The zero-order valence-electron chi connectivity index (χ0n) is 11.9. The number of hydrogen-bond acceptors (Lipinski definition) is 2. The number of carbonyl (C=O) groups is 1. The van der Waals surface area contributed by atoms with Crippen LogP contribution in [0.3, 0.4) is 0 Å². The van der Waals surface area contributed by atoms with E-state index in [1.165, 1.54) is 12.8 Å². The predicted octanol–water partition coefficient (Wildman–Crippen LogP) is 2.17. The molecule has 0 radical (unpaired) electrons. The van der Waals surface area contributed by atoms with Gasteiger partial charge in [0, 0.05) is 25.0 Å². The third-order valence-corrected chi connectivity index (χ3v) is 5.55. The molecule has 0 aromatic rings. The molecule has 1 saturated heterocycles. The third kappa shape index (κ3) is 2.33. The Balaban J connectivity index is 1.67. The summed E-state index contributed by atoms with van der Waals surface area (Å²) >= 11 is 0. The second-order valence-electron chi connectivity index (χ2n) is 6.61. The number of fused-ring (bicyclic) bond motifs is 2. The first-order valence-corrected chi connectivity index (χ1v) is 7.91. The van der Waals surface area contributed by atoms with Crippen LogP contribution in [0.2, 0.25) is 0 Å². The van der Waals surface area contributed by atoms with E-state index in [1.807, 2.05) is 0 Å². The lowest BCUT2D eigenvalue weighted by Gasteiger charge is -2.40. The summed E-state index contributed by atoms with van der Waals surface area (Å²) in [4.78, 5) is 14.9. The normalized spacial score (nSPS) is 40.9. The minimum absolute atomic E-state index is 0.252. The molecule has 2 bridgehead atoms. The molecule has 3 aliphatic rings. The summed E-state index contributed by atoms with van der Waals surface area (Å²) in [6.07, 6.45) is 10.3. The average Bonchev–Trinajstić information content (AvgIpc) is 3.08. The Hall–Kier alpha value is -0.830. The second kappa shape index (κ2) is 5.28. The number of amides is 1. The van der Waals surface area contributed by atoms with Gasteiger partial charge in [-0.2, -0.15) is 0 Å². The lowest BCUT2D eigenvalue weighted by Crippen LogP contribution is -2.51. The molecule has 5 atom stereocenters. The second-order valence-corrected chi connectivity index (χ2v) is 6.61. The molecule has 0 aromatic carbocycles. The van der Waals surface area contributed by atoms with Crippen molar-refractivity contribution in [3.63, 3.8) is 0 Å². The Labute approximate surface area is 116 Å². The zero-order valence-corrected chi connectivity index (χ0v) is 11.9. The van der Waals surface area contributed by atoms with Gasteiger partial charge in [0.05, 0.1) is 0 Å². The van der Waals surface area contributed by atoms with Crippen LogP contribution in [0.15, 0.2) is 12.2 Å². The van der Waals surface area contributed by atoms with Gasteiger partial charge in [-0.05, 0) is 43.4 Å². The summed E-state index contributed by atoms with van der Waals surface area (Å²) in [7, 11) is 0. The standard InChI is InChI=1S/C16H26N2O/c1-2-11-5-6-18(14(8-11)10-17)16(19)15-9-12-3-4-13(15)7-12/h3-4,11-15H,2,5-10,17H2,1H3. The largest absolute Gasteiger partial charge is 0.338 e. The summed E-state index contributed by atoms with van der Waals surface area (Å²) in [5.41, 5.74) is 5.92. The Morgan fingerprint density at radius 3 is 2.74 bits per heavy atom. The molecule has 2 N–H and O–H groups in total. The Morgan fingerprint density at radius 2 is 2.16 bits per heavy atom. The topological polar surface area (TPSA) is 46.3 Å². The predicted molar refractivity (Wildman–Crippen MR) is 76.4 cm³/mol. The summed E-state index contributed by atoms with van der Waals surface area (Å²) < 4.78 is 0. The highest BCUT2D eigenvalue weighted by molar-refractivity contribution is 5.80. The molecule has 3 rings (SSSR count). The van der Waals surface area contributed by atoms with Gasteiger partial charge in [0.15, 0.2) is 0 Å². The van der Waals surface area contributed by atoms with Gasteiger partial charge in [-0.25, -0.2) is 0 Å². The molecule has 2 fully saturated rings. The average molecular weight is 262 g/mol. The molecular weight excluding hydrogens is 236 g/mol. The van der Waals surface area contributed by atoms with Gasteiger partial charge in [-0.15, -0.1) is 0 Å². The molecule has 2 aliphatic carbocycles. The number of hydrogen-bond donors (Lipinski definition) is 1. The monoisotopic (exact) mass is 262 g/mol. The van der Waals surface area contributed by atoms with Crippen LogP contribution in [-0.2, 0) is 4.79 Å². The molecule has 1 heterocycles. The van der Waals surface area contributed by atoms with Gasteiger partial charge >= 0.3 is 0 Å². The van der Waals surface area contributed by atoms with Crippen molar-refractivity contribution in [2.45, 2.75) is 45.1 Å². The van der Waals surface area contributed by atoms with E-state index in [9.17, 15) is 4.79 Å². The minimum Gasteiger partial charge on any atom is -0.338 e. The first kappa shape index (κ1) is 13.2. The Bertz CT molecular complexity index is 379. The van der Waals surface area contributed by atoms with Crippen LogP contribution in [0.1, 0.15) is 39.0 Å². The number of nitrogens with zero attached hydrogens (tertiary/aromatic N) is 1. The molecule has 19 heavy (non-hydrogen) atoms. The molecule has 3 heteroatoms. The number of carbonyl (C=O) groups excluding carboxylic acids is 1. The number of piperidine rings is 1. The van der Waals surface area contributed by atoms with Gasteiger partial charge in [0.2, 0.25) is 5.91 Å². The van der Waals surface area contributed by atoms with Crippen LogP contribution < -0.4 is 5.73 Å². The van der Waals surface area contributed by atoms with Gasteiger partial charge in [-0.1, -0.05) is 25.5 Å². The van der Waals surface area contributed by atoms with E-state index in [-0.39, 0.29) is 12.0 Å². The van der Waals surface area contributed by atoms with E-state index in [2.05, 4.69) is 24.0 Å². The molecule has 1 aliphatic heterocycles. The smallest absolute Gasteiger partial charge is 0.226 e. The van der Waals surface area contributed by atoms with Crippen molar-refractivity contribution < 1.29 is 4.79 Å². The maximum atomic E-state index is 12.8. The number of rotatable bonds is 3. The molecule has 0 spiro atoms. The fraction of sp³-hybridized carbons (Fsp3) is 0.812. The fourth-order valence-corrected chi connectivity index (χ4v) is 4.30. The summed E-state index contributed by atoms with van der Waals surface area (Å²) in [6.45, 7) is 3.80. The van der Waals surface area contributed by atoms with Crippen molar-refractivity contribution in [1.82, 2.24) is 4.90 Å². The van der Waals surface area contributed by atoms with Gasteiger partial charge in [0.25, 0.3) is 0 Å². The van der Waals surface area contributed by atoms with Gasteiger partial charge in [0.1, 0.15) is 0 Å². The lowest BCUT2D eigenvalue weighted by atomic mass is 9.86. The maximum absolute atomic E-state index is 12.8. The molecular formula is C16H26N2O. The van der Waals surface area contributed by atoms with Crippen LogP contribution in [0.25, 0.3) is 0 Å². The third-order valence-electron chi connectivity index (χ3n) is 5.55. The molecule has 5 unspecified atom stereocenters. The lowest BCUT2D eigenvalue weighted by molar-refractivity contribution is -0.140. The van der Waals surface area contributed by atoms with Crippen molar-refractivity contribution in [2.75, 3.05) is 13.1 Å². The number of allylic oxidation sites excluding steroid dienone is 2. The first-order valence-electron chi connectivity index (χ1n) is 7.91. The van der Waals surface area contributed by atoms with Crippen molar-refractivity contribution >= 4 is 5.91 Å². The number of likely N-dealkylation sites (tertiary alicyclic amines) is 1. The van der Waals surface area contributed by atoms with Crippen LogP contribution in [0.5, 0.6) is 0 Å². The van der Waals surface area contributed by atoms with Gasteiger partial charge in [-0.3, -0.25) is 4.79 Å². The summed E-state index contributed by atoms with van der Waals surface area (Å²) in [6, 6.07) is 0.286. The van der Waals surface area contributed by atoms with E-state index >= 15 is 0 Å². The SMILES string of the molecule is CCC1CCN(C(=O)C2CC3C=CC2C3)C(CN)C1. The van der Waals surface area contributed by atoms with E-state index in [1.54, 1.807) is 0 Å². The highest BCUT2D eigenvalue weighted by atomic mass is 16.2.